The van der Waals surface area contributed by atoms with Crippen LogP contribution in [0.1, 0.15) is 5.69 Å². The third-order valence-corrected chi connectivity index (χ3v) is 1.92. The van der Waals surface area contributed by atoms with Gasteiger partial charge in [-0.2, -0.15) is 0 Å². The van der Waals surface area contributed by atoms with E-state index in [1.807, 2.05) is 0 Å². The third kappa shape index (κ3) is 1.17. The number of nitrogens with zero attached hydrogens (tertiary/aromatic N) is 3. The number of nitrogens with one attached hydrogen (secondary N) is 1. The van der Waals surface area contributed by atoms with E-state index < -0.39 is 0 Å². The monoisotopic (exact) mass is 191 g/mol. The third-order valence-electron chi connectivity index (χ3n) is 1.92. The second kappa shape index (κ2) is 2.99. The number of anilines is 1. The van der Waals surface area contributed by atoms with Crippen LogP contribution in [0.15, 0.2) is 23.4 Å². The number of imidazole rings is 1. The molecule has 0 amide bonds. The van der Waals surface area contributed by atoms with E-state index in [4.69, 9.17) is 5.73 Å². The lowest BCUT2D eigenvalue weighted by molar-refractivity contribution is 0.934. The van der Waals surface area contributed by atoms with Gasteiger partial charge < -0.3 is 10.7 Å². The highest BCUT2D eigenvalue weighted by atomic mass is 16.1. The highest BCUT2D eigenvalue weighted by Crippen LogP contribution is 2.09. The number of nitrogens with two attached hydrogens (primary N) is 1. The first-order valence-electron chi connectivity index (χ1n) is 4.03. The molecule has 2 heterocycles. The number of aromatic amines is 1. The van der Waals surface area contributed by atoms with Crippen LogP contribution in [0.25, 0.3) is 5.82 Å². The Labute approximate surface area is 79.4 Å². The van der Waals surface area contributed by atoms with Crippen molar-refractivity contribution in [1.29, 1.82) is 0 Å². The molecule has 2 aromatic rings. The van der Waals surface area contributed by atoms with Crippen molar-refractivity contribution in [3.8, 4) is 5.82 Å². The summed E-state index contributed by atoms with van der Waals surface area (Å²) in [6, 6.07) is 1.62. The van der Waals surface area contributed by atoms with Crippen LogP contribution in [-0.2, 0) is 0 Å². The Balaban J connectivity index is 2.69. The molecule has 0 aliphatic heterocycles. The molecule has 0 bridgehead atoms. The van der Waals surface area contributed by atoms with E-state index in [0.717, 1.165) is 0 Å². The van der Waals surface area contributed by atoms with Crippen molar-refractivity contribution < 1.29 is 0 Å². The van der Waals surface area contributed by atoms with Gasteiger partial charge in [0.25, 0.3) is 0 Å². The molecule has 0 fully saturated rings. The molecule has 0 aromatic carbocycles. The Morgan fingerprint density at radius 2 is 2.36 bits per heavy atom. The summed E-state index contributed by atoms with van der Waals surface area (Å²) >= 11 is 0. The normalized spacial score (nSPS) is 10.4. The first kappa shape index (κ1) is 8.49. The summed E-state index contributed by atoms with van der Waals surface area (Å²) in [4.78, 5) is 21.7. The molecule has 0 saturated carbocycles. The predicted octanol–water partition coefficient (Wildman–Crippen LogP) is -0.154. The first-order chi connectivity index (χ1) is 6.70. The van der Waals surface area contributed by atoms with E-state index in [0.29, 0.717) is 17.3 Å². The van der Waals surface area contributed by atoms with Gasteiger partial charge in [-0.3, -0.25) is 0 Å². The molecule has 72 valence electrons. The Bertz CT molecular complexity index is 498. The molecule has 0 unspecified atom stereocenters. The van der Waals surface area contributed by atoms with Crippen LogP contribution < -0.4 is 11.4 Å². The standard InChI is InChI=1S/C8H9N5O/c1-5-7(9)13(8(14)12-5)6-2-3-10-4-11-6/h2-4H,9H2,1H3,(H,12,14). The van der Waals surface area contributed by atoms with Gasteiger partial charge in [0, 0.05) is 6.20 Å². The predicted molar refractivity (Wildman–Crippen MR) is 51.1 cm³/mol. The lowest BCUT2D eigenvalue weighted by Gasteiger charge is -2.00. The summed E-state index contributed by atoms with van der Waals surface area (Å²) in [5.41, 5.74) is 6.05. The lowest BCUT2D eigenvalue weighted by Crippen LogP contribution is -2.17. The van der Waals surface area contributed by atoms with Gasteiger partial charge in [-0.1, -0.05) is 0 Å². The molecule has 0 aliphatic carbocycles. The Hall–Kier alpha value is -2.11. The van der Waals surface area contributed by atoms with E-state index in [1.54, 1.807) is 19.2 Å². The Morgan fingerprint density at radius 1 is 1.57 bits per heavy atom. The van der Waals surface area contributed by atoms with E-state index in [1.165, 1.54) is 10.9 Å². The molecule has 0 aliphatic rings. The van der Waals surface area contributed by atoms with E-state index in [2.05, 4.69) is 15.0 Å². The fourth-order valence-electron chi connectivity index (χ4n) is 1.20. The summed E-state index contributed by atoms with van der Waals surface area (Å²) in [5.74, 6) is 0.834. The van der Waals surface area contributed by atoms with Gasteiger partial charge in [0.15, 0.2) is 0 Å². The maximum absolute atomic E-state index is 11.4. The summed E-state index contributed by atoms with van der Waals surface area (Å²) in [7, 11) is 0. The number of hydrogen-bond acceptors (Lipinski definition) is 4. The molecule has 3 N–H and O–H groups in total. The average molecular weight is 191 g/mol. The van der Waals surface area contributed by atoms with Crippen LogP contribution in [0.5, 0.6) is 0 Å². The van der Waals surface area contributed by atoms with Crippen LogP contribution in [0.4, 0.5) is 5.82 Å². The summed E-state index contributed by atoms with van der Waals surface area (Å²) in [6.07, 6.45) is 2.92. The molecule has 0 saturated heterocycles. The van der Waals surface area contributed by atoms with E-state index in [-0.39, 0.29) is 5.69 Å². The van der Waals surface area contributed by atoms with Crippen molar-refractivity contribution in [3.63, 3.8) is 0 Å². The average Bonchev–Trinajstić information content (AvgIpc) is 2.43. The van der Waals surface area contributed by atoms with Gasteiger partial charge in [0.05, 0.1) is 5.69 Å². The maximum Gasteiger partial charge on any atom is 0.333 e. The molecule has 14 heavy (non-hydrogen) atoms. The van der Waals surface area contributed by atoms with Crippen LogP contribution in [-0.4, -0.2) is 19.5 Å². The van der Waals surface area contributed by atoms with Gasteiger partial charge in [-0.05, 0) is 13.0 Å². The first-order valence-corrected chi connectivity index (χ1v) is 4.03. The smallest absolute Gasteiger partial charge is 0.333 e. The van der Waals surface area contributed by atoms with Gasteiger partial charge in [-0.25, -0.2) is 19.3 Å². The maximum atomic E-state index is 11.4. The number of aryl methyl sites for hydroxylation is 1. The van der Waals surface area contributed by atoms with Crippen molar-refractivity contribution in [1.82, 2.24) is 19.5 Å². The molecule has 6 heteroatoms. The van der Waals surface area contributed by atoms with Crippen molar-refractivity contribution in [2.75, 3.05) is 5.73 Å². The van der Waals surface area contributed by atoms with Crippen LogP contribution >= 0.6 is 0 Å². The summed E-state index contributed by atoms with van der Waals surface area (Å²) < 4.78 is 1.30. The molecular weight excluding hydrogens is 182 g/mol. The zero-order valence-electron chi connectivity index (χ0n) is 7.56. The number of H-pyrrole nitrogens is 1. The lowest BCUT2D eigenvalue weighted by atomic mass is 10.5. The quantitative estimate of drug-likeness (QED) is 0.655. The van der Waals surface area contributed by atoms with Crippen molar-refractivity contribution in [3.05, 3.63) is 34.8 Å². The number of hydrogen-bond donors (Lipinski definition) is 2. The SMILES string of the molecule is Cc1[nH]c(=O)n(-c2ccncn2)c1N. The van der Waals surface area contributed by atoms with Crippen molar-refractivity contribution in [2.45, 2.75) is 6.92 Å². The highest BCUT2D eigenvalue weighted by molar-refractivity contribution is 5.41. The fourth-order valence-corrected chi connectivity index (χ4v) is 1.20. The second-order valence-corrected chi connectivity index (χ2v) is 2.84. The van der Waals surface area contributed by atoms with E-state index in [9.17, 15) is 4.79 Å². The number of rotatable bonds is 1. The Kier molecular flexibility index (Phi) is 1.81. The molecule has 6 nitrogen and oxygen atoms in total. The number of nitrogen functional groups attached to an aromatic ring is 1. The van der Waals surface area contributed by atoms with Gasteiger partial charge in [0.2, 0.25) is 0 Å². The summed E-state index contributed by atoms with van der Waals surface area (Å²) in [5, 5.41) is 0. The second-order valence-electron chi connectivity index (χ2n) is 2.84. The minimum atomic E-state index is -0.293. The molecule has 0 radical (unpaired) electrons. The highest BCUT2D eigenvalue weighted by Gasteiger charge is 2.09. The van der Waals surface area contributed by atoms with Crippen LogP contribution in [0.2, 0.25) is 0 Å². The van der Waals surface area contributed by atoms with Crippen molar-refractivity contribution in [2.24, 2.45) is 0 Å². The largest absolute Gasteiger partial charge is 0.383 e. The van der Waals surface area contributed by atoms with Gasteiger partial charge >= 0.3 is 5.69 Å². The zero-order valence-corrected chi connectivity index (χ0v) is 7.56. The topological polar surface area (TPSA) is 89.6 Å². The Morgan fingerprint density at radius 3 is 2.86 bits per heavy atom. The van der Waals surface area contributed by atoms with Gasteiger partial charge in [-0.15, -0.1) is 0 Å². The van der Waals surface area contributed by atoms with E-state index >= 15 is 0 Å². The molecule has 0 spiro atoms. The molecule has 2 aromatic heterocycles. The number of aromatic nitrogens is 4. The van der Waals surface area contributed by atoms with Crippen molar-refractivity contribution >= 4 is 5.82 Å². The minimum absolute atomic E-state index is 0.293. The molecule has 2 rings (SSSR count). The zero-order chi connectivity index (χ0) is 10.1. The van der Waals surface area contributed by atoms with Gasteiger partial charge in [0.1, 0.15) is 18.0 Å². The molecular formula is C8H9N5O. The fraction of sp³-hybridized carbons (Fsp3) is 0.125. The molecule has 0 atom stereocenters. The minimum Gasteiger partial charge on any atom is -0.383 e. The van der Waals surface area contributed by atoms with Crippen LogP contribution in [0.3, 0.4) is 0 Å². The van der Waals surface area contributed by atoms with Crippen LogP contribution in [0, 0.1) is 6.92 Å². The summed E-state index contributed by atoms with van der Waals surface area (Å²) in [6.45, 7) is 1.73.